The third-order valence-electron chi connectivity index (χ3n) is 5.07. The monoisotopic (exact) mass is 399 g/mol. The number of nitrogens with zero attached hydrogens (tertiary/aromatic N) is 3. The molecule has 0 N–H and O–H groups in total. The Kier molecular flexibility index (Phi) is 6.47. The zero-order valence-corrected chi connectivity index (χ0v) is 16.8. The van der Waals surface area contributed by atoms with Gasteiger partial charge in [0.05, 0.1) is 42.4 Å². The van der Waals surface area contributed by atoms with E-state index in [1.165, 1.54) is 5.52 Å². The fourth-order valence-corrected chi connectivity index (χ4v) is 3.76. The van der Waals surface area contributed by atoms with Crippen molar-refractivity contribution in [3.63, 3.8) is 0 Å². The number of imidazole rings is 1. The maximum atomic E-state index is 6.15. The minimum absolute atomic E-state index is 0.662. The third kappa shape index (κ3) is 4.66. The number of para-hydroxylation sites is 3. The number of hydrogen-bond donors (Lipinski definition) is 0. The number of fused-ring (bicyclic) bond motifs is 1. The molecular weight excluding hydrogens is 374 g/mol. The normalized spacial score (nSPS) is 15.2. The molecule has 0 atom stereocenters. The van der Waals surface area contributed by atoms with Crippen LogP contribution in [0.5, 0.6) is 5.75 Å². The summed E-state index contributed by atoms with van der Waals surface area (Å²) in [6, 6.07) is 16.0. The molecule has 0 unspecified atom stereocenters. The fourth-order valence-electron chi connectivity index (χ4n) is 3.57. The van der Waals surface area contributed by atoms with Gasteiger partial charge in [-0.25, -0.2) is 4.98 Å². The molecule has 5 nitrogen and oxygen atoms in total. The van der Waals surface area contributed by atoms with Crippen molar-refractivity contribution in [1.82, 2.24) is 14.5 Å². The minimum Gasteiger partial charge on any atom is -0.492 e. The van der Waals surface area contributed by atoms with E-state index in [2.05, 4.69) is 33.7 Å². The van der Waals surface area contributed by atoms with Crippen LogP contribution in [-0.2, 0) is 17.8 Å². The van der Waals surface area contributed by atoms with Crippen LogP contribution >= 0.6 is 11.6 Å². The van der Waals surface area contributed by atoms with Gasteiger partial charge >= 0.3 is 0 Å². The van der Waals surface area contributed by atoms with Crippen LogP contribution in [0.1, 0.15) is 18.7 Å². The van der Waals surface area contributed by atoms with Crippen LogP contribution in [0.15, 0.2) is 48.5 Å². The Morgan fingerprint density at radius 3 is 2.64 bits per heavy atom. The van der Waals surface area contributed by atoms with Gasteiger partial charge in [-0.2, -0.15) is 0 Å². The first kappa shape index (κ1) is 19.2. The number of hydrogen-bond acceptors (Lipinski definition) is 4. The summed E-state index contributed by atoms with van der Waals surface area (Å²) in [6.07, 6.45) is 2.00. The van der Waals surface area contributed by atoms with Crippen molar-refractivity contribution in [2.45, 2.75) is 25.9 Å². The van der Waals surface area contributed by atoms with Crippen LogP contribution in [-0.4, -0.2) is 47.4 Å². The summed E-state index contributed by atoms with van der Waals surface area (Å²) in [6.45, 7) is 6.01. The quantitative estimate of drug-likeness (QED) is 0.527. The summed E-state index contributed by atoms with van der Waals surface area (Å²) in [7, 11) is 0. The molecule has 1 aliphatic rings. The Bertz CT molecular complexity index is 906. The van der Waals surface area contributed by atoms with Gasteiger partial charge in [-0.1, -0.05) is 35.9 Å². The van der Waals surface area contributed by atoms with E-state index in [-0.39, 0.29) is 0 Å². The van der Waals surface area contributed by atoms with Crippen LogP contribution in [0, 0.1) is 0 Å². The van der Waals surface area contributed by atoms with Crippen molar-refractivity contribution >= 4 is 22.6 Å². The Labute approximate surface area is 170 Å². The van der Waals surface area contributed by atoms with Gasteiger partial charge in [0.2, 0.25) is 0 Å². The number of morpholine rings is 1. The second-order valence-electron chi connectivity index (χ2n) is 7.04. The highest BCUT2D eigenvalue weighted by atomic mass is 35.5. The molecule has 1 aromatic heterocycles. The van der Waals surface area contributed by atoms with Gasteiger partial charge in [0.1, 0.15) is 11.6 Å². The molecule has 1 saturated heterocycles. The van der Waals surface area contributed by atoms with Gasteiger partial charge in [0.15, 0.2) is 0 Å². The van der Waals surface area contributed by atoms with Gasteiger partial charge in [-0.05, 0) is 37.1 Å². The Hall–Kier alpha value is -2.08. The maximum Gasteiger partial charge on any atom is 0.137 e. The lowest BCUT2D eigenvalue weighted by atomic mass is 10.3. The number of aromatic nitrogens is 2. The van der Waals surface area contributed by atoms with Gasteiger partial charge in [-0.15, -0.1) is 0 Å². The number of rotatable bonds is 8. The summed E-state index contributed by atoms with van der Waals surface area (Å²) >= 11 is 6.15. The van der Waals surface area contributed by atoms with Crippen molar-refractivity contribution in [2.75, 3.05) is 32.9 Å². The van der Waals surface area contributed by atoms with E-state index >= 15 is 0 Å². The lowest BCUT2D eigenvalue weighted by Gasteiger charge is -2.26. The van der Waals surface area contributed by atoms with E-state index in [0.29, 0.717) is 11.6 Å². The lowest BCUT2D eigenvalue weighted by molar-refractivity contribution is 0.0326. The van der Waals surface area contributed by atoms with E-state index in [1.807, 2.05) is 24.3 Å². The second-order valence-corrected chi connectivity index (χ2v) is 7.45. The van der Waals surface area contributed by atoms with Gasteiger partial charge in [-0.3, -0.25) is 4.90 Å². The molecule has 0 spiro atoms. The molecule has 1 aliphatic heterocycles. The number of halogens is 1. The van der Waals surface area contributed by atoms with Crippen molar-refractivity contribution < 1.29 is 9.47 Å². The fraction of sp³-hybridized carbons (Fsp3) is 0.409. The largest absolute Gasteiger partial charge is 0.492 e. The molecule has 2 aromatic carbocycles. The lowest BCUT2D eigenvalue weighted by Crippen LogP contribution is -2.36. The van der Waals surface area contributed by atoms with E-state index in [1.54, 1.807) is 0 Å². The first-order chi connectivity index (χ1) is 13.8. The van der Waals surface area contributed by atoms with E-state index in [4.69, 9.17) is 26.1 Å². The smallest absolute Gasteiger partial charge is 0.137 e. The predicted octanol–water partition coefficient (Wildman–Crippen LogP) is 4.38. The average Bonchev–Trinajstić information content (AvgIpc) is 3.07. The molecule has 148 valence electrons. The van der Waals surface area contributed by atoms with Gasteiger partial charge in [0.25, 0.3) is 0 Å². The SMILES string of the molecule is Clc1ccccc1OCCCCn1c(CN2CCOCC2)nc2ccccc21. The Morgan fingerprint density at radius 2 is 1.79 bits per heavy atom. The van der Waals surface area contributed by atoms with Gasteiger partial charge < -0.3 is 14.0 Å². The number of ether oxygens (including phenoxy) is 2. The van der Waals surface area contributed by atoms with Crippen LogP contribution in [0.3, 0.4) is 0 Å². The zero-order chi connectivity index (χ0) is 19.2. The molecule has 0 radical (unpaired) electrons. The van der Waals surface area contributed by atoms with Crippen molar-refractivity contribution in [1.29, 1.82) is 0 Å². The summed E-state index contributed by atoms with van der Waals surface area (Å²) in [5.41, 5.74) is 2.27. The van der Waals surface area contributed by atoms with Crippen molar-refractivity contribution in [2.24, 2.45) is 0 Å². The predicted molar refractivity (Wildman–Crippen MR) is 112 cm³/mol. The summed E-state index contributed by atoms with van der Waals surface area (Å²) in [4.78, 5) is 7.32. The molecule has 2 heterocycles. The van der Waals surface area contributed by atoms with Crippen LogP contribution < -0.4 is 4.74 Å². The van der Waals surface area contributed by atoms with E-state index in [9.17, 15) is 0 Å². The first-order valence-electron chi connectivity index (χ1n) is 9.93. The average molecular weight is 400 g/mol. The first-order valence-corrected chi connectivity index (χ1v) is 10.3. The summed E-state index contributed by atoms with van der Waals surface area (Å²) in [5.74, 6) is 1.89. The Balaban J connectivity index is 1.38. The molecule has 0 aliphatic carbocycles. The molecule has 3 aromatic rings. The molecule has 0 bridgehead atoms. The highest BCUT2D eigenvalue weighted by Gasteiger charge is 2.16. The Morgan fingerprint density at radius 1 is 1.00 bits per heavy atom. The van der Waals surface area contributed by atoms with Crippen LogP contribution in [0.4, 0.5) is 0 Å². The van der Waals surface area contributed by atoms with E-state index in [0.717, 1.165) is 69.3 Å². The van der Waals surface area contributed by atoms with Gasteiger partial charge in [0, 0.05) is 19.6 Å². The molecular formula is C22H26ClN3O2. The second kappa shape index (κ2) is 9.41. The molecule has 0 amide bonds. The highest BCUT2D eigenvalue weighted by Crippen LogP contribution is 2.23. The third-order valence-corrected chi connectivity index (χ3v) is 5.38. The molecule has 4 rings (SSSR count). The maximum absolute atomic E-state index is 6.15. The van der Waals surface area contributed by atoms with Crippen molar-refractivity contribution in [3.05, 3.63) is 59.4 Å². The molecule has 1 fully saturated rings. The minimum atomic E-state index is 0.662. The zero-order valence-electron chi connectivity index (χ0n) is 16.0. The van der Waals surface area contributed by atoms with Crippen LogP contribution in [0.25, 0.3) is 11.0 Å². The molecule has 0 saturated carbocycles. The number of unbranched alkanes of at least 4 members (excludes halogenated alkanes) is 1. The van der Waals surface area contributed by atoms with E-state index < -0.39 is 0 Å². The summed E-state index contributed by atoms with van der Waals surface area (Å²) < 4.78 is 13.6. The standard InChI is InChI=1S/C22H26ClN3O2/c23-18-7-1-4-10-21(18)28-14-6-5-11-26-20-9-3-2-8-19(20)24-22(26)17-25-12-15-27-16-13-25/h1-4,7-10H,5-6,11-17H2. The number of benzene rings is 2. The topological polar surface area (TPSA) is 39.5 Å². The molecule has 6 heteroatoms. The highest BCUT2D eigenvalue weighted by molar-refractivity contribution is 6.32. The number of aryl methyl sites for hydroxylation is 1. The molecule has 28 heavy (non-hydrogen) atoms. The van der Waals surface area contributed by atoms with Crippen molar-refractivity contribution in [3.8, 4) is 5.75 Å². The van der Waals surface area contributed by atoms with Crippen LogP contribution in [0.2, 0.25) is 5.02 Å². The summed E-state index contributed by atoms with van der Waals surface area (Å²) in [5, 5.41) is 0.663.